The van der Waals surface area contributed by atoms with E-state index in [0.29, 0.717) is 6.42 Å². The van der Waals surface area contributed by atoms with Gasteiger partial charge in [-0.15, -0.1) is 0 Å². The van der Waals surface area contributed by atoms with Crippen molar-refractivity contribution in [1.82, 2.24) is 0 Å². The molecule has 8 nitrogen and oxygen atoms in total. The van der Waals surface area contributed by atoms with Gasteiger partial charge < -0.3 is 42.7 Å². The minimum atomic E-state index is -0.806. The van der Waals surface area contributed by atoms with Crippen LogP contribution >= 0.6 is 0 Å². The Hall–Kier alpha value is -0.320. The first kappa shape index (κ1) is 25.6. The average molecular weight is 313 g/mol. The minimum Gasteiger partial charge on any atom is -0.394 e. The molecule has 21 heavy (non-hydrogen) atoms. The summed E-state index contributed by atoms with van der Waals surface area (Å²) in [5.74, 6) is 0. The summed E-state index contributed by atoms with van der Waals surface area (Å²) in [5.41, 5.74) is 13.9. The average Bonchev–Trinajstić information content (AvgIpc) is 2.47. The van der Waals surface area contributed by atoms with Crippen LogP contribution in [-0.2, 0) is 0 Å². The molecule has 132 valence electrons. The lowest BCUT2D eigenvalue weighted by Gasteiger charge is -2.21. The second kappa shape index (κ2) is 12.2. The van der Waals surface area contributed by atoms with E-state index in [1.807, 2.05) is 6.92 Å². The molecule has 0 unspecified atom stereocenters. The van der Waals surface area contributed by atoms with E-state index >= 15 is 0 Å². The highest BCUT2D eigenvalue weighted by Gasteiger charge is 2.19. The molecule has 0 radical (unpaired) electrons. The summed E-state index contributed by atoms with van der Waals surface area (Å²) in [6.07, 6.45) is 0.597. The van der Waals surface area contributed by atoms with Crippen molar-refractivity contribution in [2.45, 2.75) is 50.7 Å². The van der Waals surface area contributed by atoms with Gasteiger partial charge in [-0.25, -0.2) is 0 Å². The van der Waals surface area contributed by atoms with Crippen molar-refractivity contribution in [3.63, 3.8) is 0 Å². The van der Waals surface area contributed by atoms with Crippen LogP contribution < -0.4 is 17.2 Å². The molecule has 8 heteroatoms. The van der Waals surface area contributed by atoms with E-state index in [4.69, 9.17) is 42.7 Å². The topological polar surface area (TPSA) is 179 Å². The highest BCUT2D eigenvalue weighted by molar-refractivity contribution is 4.79. The molecular formula is C13H35N3O5. The second-order valence-electron chi connectivity index (χ2n) is 6.15. The van der Waals surface area contributed by atoms with Gasteiger partial charge in [0.15, 0.2) is 0 Å². The van der Waals surface area contributed by atoms with E-state index in [0.717, 1.165) is 0 Å². The van der Waals surface area contributed by atoms with Crippen LogP contribution in [0.25, 0.3) is 0 Å². The van der Waals surface area contributed by atoms with Crippen molar-refractivity contribution in [1.29, 1.82) is 0 Å². The van der Waals surface area contributed by atoms with Crippen molar-refractivity contribution in [3.8, 4) is 0 Å². The van der Waals surface area contributed by atoms with Gasteiger partial charge >= 0.3 is 0 Å². The summed E-state index contributed by atoms with van der Waals surface area (Å²) in [6.45, 7) is 6.33. The van der Waals surface area contributed by atoms with Crippen molar-refractivity contribution in [2.24, 2.45) is 17.2 Å². The molecule has 0 heterocycles. The summed E-state index contributed by atoms with van der Waals surface area (Å²) < 4.78 is 0. The summed E-state index contributed by atoms with van der Waals surface area (Å²) in [4.78, 5) is 0. The zero-order valence-corrected chi connectivity index (χ0v) is 13.7. The normalized spacial score (nSPS) is 12.0. The molecule has 0 aromatic carbocycles. The standard InChI is InChI=1S/C5H13NO2.C4H11NO2.C4H11NO/c1-2-5(6,3-7)4-8;1-4(5,2-6)3-7;1-4(2,5)3-6/h7-8H,2-4,6H2,1H3;6-7H,2-3,5H2,1H3;6H,3,5H2,1-2H3. The van der Waals surface area contributed by atoms with Gasteiger partial charge in [-0.3, -0.25) is 0 Å². The van der Waals surface area contributed by atoms with Gasteiger partial charge in [0, 0.05) is 5.54 Å². The van der Waals surface area contributed by atoms with Crippen LogP contribution in [0.3, 0.4) is 0 Å². The molecule has 0 atom stereocenters. The Bertz CT molecular complexity index is 214. The monoisotopic (exact) mass is 313 g/mol. The largest absolute Gasteiger partial charge is 0.394 e. The summed E-state index contributed by atoms with van der Waals surface area (Å²) in [6, 6.07) is 0. The van der Waals surface area contributed by atoms with Crippen LogP contribution in [0.4, 0.5) is 0 Å². The Morgan fingerprint density at radius 2 is 0.952 bits per heavy atom. The molecule has 0 bridgehead atoms. The van der Waals surface area contributed by atoms with Gasteiger partial charge in [0.2, 0.25) is 0 Å². The van der Waals surface area contributed by atoms with Crippen LogP contribution in [0.15, 0.2) is 0 Å². The van der Waals surface area contributed by atoms with Gasteiger partial charge in [0.05, 0.1) is 44.1 Å². The second-order valence-corrected chi connectivity index (χ2v) is 6.15. The number of hydrogen-bond acceptors (Lipinski definition) is 8. The molecule has 0 spiro atoms. The first-order chi connectivity index (χ1) is 9.36. The lowest BCUT2D eigenvalue weighted by Crippen LogP contribution is -2.46. The number of rotatable bonds is 6. The van der Waals surface area contributed by atoms with Crippen LogP contribution in [-0.4, -0.2) is 75.2 Å². The highest BCUT2D eigenvalue weighted by atomic mass is 16.3. The van der Waals surface area contributed by atoms with Crippen molar-refractivity contribution in [3.05, 3.63) is 0 Å². The molecule has 11 N–H and O–H groups in total. The van der Waals surface area contributed by atoms with Gasteiger partial charge in [-0.1, -0.05) is 6.92 Å². The van der Waals surface area contributed by atoms with Gasteiger partial charge in [-0.2, -0.15) is 0 Å². The number of hydrogen-bond donors (Lipinski definition) is 8. The fourth-order valence-electron chi connectivity index (χ4n) is 0.324. The molecule has 0 aliphatic rings. The van der Waals surface area contributed by atoms with Crippen LogP contribution in [0.2, 0.25) is 0 Å². The number of nitrogens with two attached hydrogens (primary N) is 3. The smallest absolute Gasteiger partial charge is 0.0633 e. The zero-order chi connectivity index (χ0) is 17.7. The maximum absolute atomic E-state index is 8.50. The quantitative estimate of drug-likeness (QED) is 0.264. The zero-order valence-electron chi connectivity index (χ0n) is 13.7. The maximum Gasteiger partial charge on any atom is 0.0633 e. The molecule has 0 aromatic rings. The van der Waals surface area contributed by atoms with E-state index < -0.39 is 16.6 Å². The maximum atomic E-state index is 8.50. The van der Waals surface area contributed by atoms with E-state index in [1.54, 1.807) is 20.8 Å². The molecule has 0 amide bonds. The highest BCUT2D eigenvalue weighted by Crippen LogP contribution is 2.01. The van der Waals surface area contributed by atoms with Gasteiger partial charge in [0.1, 0.15) is 0 Å². The predicted molar refractivity (Wildman–Crippen MR) is 83.5 cm³/mol. The number of aliphatic hydroxyl groups is 5. The van der Waals surface area contributed by atoms with Crippen molar-refractivity contribution >= 4 is 0 Å². The first-order valence-corrected chi connectivity index (χ1v) is 6.78. The van der Waals surface area contributed by atoms with Crippen LogP contribution in [0.1, 0.15) is 34.1 Å². The Labute approximate surface area is 127 Å². The third-order valence-electron chi connectivity index (χ3n) is 2.46. The summed E-state index contributed by atoms with van der Waals surface area (Å²) in [5, 5.41) is 41.9. The molecule has 0 saturated heterocycles. The summed E-state index contributed by atoms with van der Waals surface area (Å²) in [7, 11) is 0. The molecule has 0 saturated carbocycles. The molecular weight excluding hydrogens is 278 g/mol. The van der Waals surface area contributed by atoms with Crippen LogP contribution in [0.5, 0.6) is 0 Å². The fraction of sp³-hybridized carbons (Fsp3) is 1.00. The van der Waals surface area contributed by atoms with Crippen molar-refractivity contribution in [2.75, 3.05) is 33.0 Å². The summed E-state index contributed by atoms with van der Waals surface area (Å²) >= 11 is 0. The van der Waals surface area contributed by atoms with Gasteiger partial charge in [-0.05, 0) is 27.2 Å². The van der Waals surface area contributed by atoms with Crippen molar-refractivity contribution < 1.29 is 25.5 Å². The van der Waals surface area contributed by atoms with E-state index in [9.17, 15) is 0 Å². The molecule has 0 fully saturated rings. The third kappa shape index (κ3) is 19.7. The number of aliphatic hydroxyl groups excluding tert-OH is 5. The SMILES string of the molecule is CC(C)(N)CO.CC(N)(CO)CO.CCC(N)(CO)CO. The third-order valence-corrected chi connectivity index (χ3v) is 2.46. The molecule has 0 aromatic heterocycles. The Balaban J connectivity index is -0.000000234. The van der Waals surface area contributed by atoms with E-state index in [-0.39, 0.29) is 33.0 Å². The molecule has 0 rings (SSSR count). The Morgan fingerprint density at radius 1 is 0.667 bits per heavy atom. The lowest BCUT2D eigenvalue weighted by atomic mass is 10.0. The predicted octanol–water partition coefficient (Wildman–Crippen LogP) is -2.52. The minimum absolute atomic E-state index is 0.0486. The fourth-order valence-corrected chi connectivity index (χ4v) is 0.324. The first-order valence-electron chi connectivity index (χ1n) is 6.78. The van der Waals surface area contributed by atoms with E-state index in [1.165, 1.54) is 0 Å². The molecule has 0 aliphatic heterocycles. The lowest BCUT2D eigenvalue weighted by molar-refractivity contribution is 0.118. The van der Waals surface area contributed by atoms with E-state index in [2.05, 4.69) is 0 Å². The van der Waals surface area contributed by atoms with Gasteiger partial charge in [0.25, 0.3) is 0 Å². The molecule has 0 aliphatic carbocycles. The Morgan fingerprint density at radius 3 is 0.952 bits per heavy atom. The van der Waals surface area contributed by atoms with Crippen LogP contribution in [0, 0.1) is 0 Å². The Kier molecular flexibility index (Phi) is 14.9.